The SMILES string of the molecule is CCOC(=O)C(O)(CNC(=S)Nc1c2c(c(F)c3c1CCC3)CCC2)c1nccn1C. The van der Waals surface area contributed by atoms with Gasteiger partial charge in [0, 0.05) is 25.1 Å². The molecule has 1 heterocycles. The third-order valence-corrected chi connectivity index (χ3v) is 6.36. The minimum absolute atomic E-state index is 0.0455. The van der Waals surface area contributed by atoms with Crippen LogP contribution >= 0.6 is 12.2 Å². The molecule has 1 aromatic carbocycles. The van der Waals surface area contributed by atoms with Crippen LogP contribution in [0.3, 0.4) is 0 Å². The van der Waals surface area contributed by atoms with E-state index >= 15 is 0 Å². The van der Waals surface area contributed by atoms with Gasteiger partial charge in [0.05, 0.1) is 13.2 Å². The van der Waals surface area contributed by atoms with E-state index in [1.165, 1.54) is 6.20 Å². The number of anilines is 1. The van der Waals surface area contributed by atoms with Crippen molar-refractivity contribution in [1.29, 1.82) is 0 Å². The number of nitrogens with zero attached hydrogens (tertiary/aromatic N) is 2. The van der Waals surface area contributed by atoms with Gasteiger partial charge in [0.15, 0.2) is 10.9 Å². The lowest BCUT2D eigenvalue weighted by Gasteiger charge is -2.26. The number of nitrogens with one attached hydrogen (secondary N) is 2. The number of rotatable bonds is 6. The predicted octanol–water partition coefficient (Wildman–Crippen LogP) is 2.27. The Kier molecular flexibility index (Phi) is 5.98. The van der Waals surface area contributed by atoms with Crippen molar-refractivity contribution in [2.24, 2.45) is 7.05 Å². The van der Waals surface area contributed by atoms with Crippen LogP contribution < -0.4 is 10.6 Å². The van der Waals surface area contributed by atoms with Crippen molar-refractivity contribution in [3.05, 3.63) is 46.3 Å². The first-order valence-corrected chi connectivity index (χ1v) is 11.0. The van der Waals surface area contributed by atoms with Gasteiger partial charge in [-0.15, -0.1) is 0 Å². The van der Waals surface area contributed by atoms with Crippen molar-refractivity contribution < 1.29 is 19.0 Å². The number of ether oxygens (including phenoxy) is 1. The first-order valence-electron chi connectivity index (χ1n) is 10.6. The zero-order valence-electron chi connectivity index (χ0n) is 17.8. The van der Waals surface area contributed by atoms with Gasteiger partial charge in [-0.2, -0.15) is 0 Å². The van der Waals surface area contributed by atoms with Crippen LogP contribution in [0.15, 0.2) is 12.4 Å². The summed E-state index contributed by atoms with van der Waals surface area (Å²) in [6.45, 7) is 1.59. The number of imidazole rings is 1. The molecule has 4 rings (SSSR count). The number of aromatic nitrogens is 2. The van der Waals surface area contributed by atoms with Crippen molar-refractivity contribution in [2.45, 2.75) is 51.0 Å². The molecule has 2 aliphatic rings. The lowest BCUT2D eigenvalue weighted by Crippen LogP contribution is -2.49. The predicted molar refractivity (Wildman–Crippen MR) is 118 cm³/mol. The van der Waals surface area contributed by atoms with E-state index in [0.717, 1.165) is 66.5 Å². The number of hydrogen-bond donors (Lipinski definition) is 3. The molecule has 1 unspecified atom stereocenters. The monoisotopic (exact) mass is 446 g/mol. The molecule has 0 saturated heterocycles. The quantitative estimate of drug-likeness (QED) is 0.463. The molecule has 0 aliphatic heterocycles. The average molecular weight is 447 g/mol. The Bertz CT molecular complexity index is 1000. The molecular weight excluding hydrogens is 419 g/mol. The maximum atomic E-state index is 14.9. The van der Waals surface area contributed by atoms with Crippen LogP contribution in [0.1, 0.15) is 47.8 Å². The maximum Gasteiger partial charge on any atom is 0.348 e. The van der Waals surface area contributed by atoms with E-state index in [4.69, 9.17) is 17.0 Å². The van der Waals surface area contributed by atoms with Crippen molar-refractivity contribution in [1.82, 2.24) is 14.9 Å². The molecule has 0 bridgehead atoms. The lowest BCUT2D eigenvalue weighted by atomic mass is 9.98. The van der Waals surface area contributed by atoms with Gasteiger partial charge in [-0.25, -0.2) is 14.2 Å². The number of halogens is 1. The molecule has 0 amide bonds. The smallest absolute Gasteiger partial charge is 0.348 e. The fraction of sp³-hybridized carbons (Fsp3) is 0.500. The van der Waals surface area contributed by atoms with Gasteiger partial charge >= 0.3 is 5.97 Å². The number of carbonyl (C=O) groups is 1. The molecule has 0 spiro atoms. The zero-order chi connectivity index (χ0) is 22.2. The van der Waals surface area contributed by atoms with Crippen molar-refractivity contribution in [3.63, 3.8) is 0 Å². The van der Waals surface area contributed by atoms with Gasteiger partial charge in [-0.3, -0.25) is 0 Å². The molecule has 166 valence electrons. The van der Waals surface area contributed by atoms with Crippen LogP contribution in [-0.2, 0) is 47.9 Å². The lowest BCUT2D eigenvalue weighted by molar-refractivity contribution is -0.166. The molecule has 7 nitrogen and oxygen atoms in total. The van der Waals surface area contributed by atoms with Gasteiger partial charge in [0.2, 0.25) is 5.60 Å². The molecule has 1 atom stereocenters. The van der Waals surface area contributed by atoms with E-state index in [0.29, 0.717) is 0 Å². The van der Waals surface area contributed by atoms with Gasteiger partial charge in [0.1, 0.15) is 5.82 Å². The molecule has 2 aliphatic carbocycles. The summed E-state index contributed by atoms with van der Waals surface area (Å²) in [4.78, 5) is 16.7. The Balaban J connectivity index is 1.56. The second kappa shape index (κ2) is 8.55. The molecule has 9 heteroatoms. The van der Waals surface area contributed by atoms with Gasteiger partial charge in [-0.1, -0.05) is 0 Å². The second-order valence-electron chi connectivity index (χ2n) is 8.06. The van der Waals surface area contributed by atoms with Gasteiger partial charge in [0.25, 0.3) is 0 Å². The summed E-state index contributed by atoms with van der Waals surface area (Å²) in [5.41, 5.74) is 2.45. The minimum atomic E-state index is -2.01. The number of aliphatic hydroxyl groups is 1. The van der Waals surface area contributed by atoms with Crippen molar-refractivity contribution in [2.75, 3.05) is 18.5 Å². The largest absolute Gasteiger partial charge is 0.463 e. The molecule has 3 N–H and O–H groups in total. The van der Waals surface area contributed by atoms with E-state index in [-0.39, 0.29) is 29.9 Å². The number of fused-ring (bicyclic) bond motifs is 2. The van der Waals surface area contributed by atoms with E-state index in [1.54, 1.807) is 24.7 Å². The highest BCUT2D eigenvalue weighted by Gasteiger charge is 2.43. The third-order valence-electron chi connectivity index (χ3n) is 6.12. The van der Waals surface area contributed by atoms with E-state index in [9.17, 15) is 14.3 Å². The van der Waals surface area contributed by atoms with Crippen LogP contribution in [0.4, 0.5) is 10.1 Å². The standard InChI is InChI=1S/C22H27FN4O3S/c1-3-30-20(28)22(29,19-24-10-11-27(19)2)12-25-21(31)26-18-15-8-4-6-13(15)17(23)14-7-5-9-16(14)18/h10-11,29H,3-9,12H2,1-2H3,(H2,25,26,31). The number of benzene rings is 1. The van der Waals surface area contributed by atoms with Crippen LogP contribution in [0.25, 0.3) is 0 Å². The second-order valence-corrected chi connectivity index (χ2v) is 8.47. The van der Waals surface area contributed by atoms with Crippen LogP contribution in [0.5, 0.6) is 0 Å². The Morgan fingerprint density at radius 1 is 1.26 bits per heavy atom. The Morgan fingerprint density at radius 2 is 1.87 bits per heavy atom. The number of carbonyl (C=O) groups excluding carboxylic acids is 1. The van der Waals surface area contributed by atoms with Crippen molar-refractivity contribution >= 4 is 29.0 Å². The number of esters is 1. The summed E-state index contributed by atoms with van der Waals surface area (Å²) in [5.74, 6) is -0.691. The van der Waals surface area contributed by atoms with Crippen LogP contribution in [-0.4, -0.2) is 38.9 Å². The molecule has 0 saturated carbocycles. The van der Waals surface area contributed by atoms with Crippen LogP contribution in [0.2, 0.25) is 0 Å². The van der Waals surface area contributed by atoms with Gasteiger partial charge < -0.3 is 25.0 Å². The fourth-order valence-electron chi connectivity index (χ4n) is 4.66. The number of hydrogen-bond acceptors (Lipinski definition) is 5. The van der Waals surface area contributed by atoms with E-state index < -0.39 is 11.6 Å². The van der Waals surface area contributed by atoms with Gasteiger partial charge in [-0.05, 0) is 79.9 Å². The molecule has 31 heavy (non-hydrogen) atoms. The fourth-order valence-corrected chi connectivity index (χ4v) is 4.84. The molecule has 0 radical (unpaired) electrons. The highest BCUT2D eigenvalue weighted by atomic mass is 32.1. The average Bonchev–Trinajstić information content (AvgIpc) is 3.50. The van der Waals surface area contributed by atoms with E-state index in [1.807, 2.05) is 0 Å². The summed E-state index contributed by atoms with van der Waals surface area (Å²) in [6.07, 6.45) is 8.09. The first kappa shape index (κ1) is 21.7. The summed E-state index contributed by atoms with van der Waals surface area (Å²) in [6, 6.07) is 0. The Morgan fingerprint density at radius 3 is 2.42 bits per heavy atom. The highest BCUT2D eigenvalue weighted by molar-refractivity contribution is 7.80. The first-order chi connectivity index (χ1) is 14.9. The van der Waals surface area contributed by atoms with E-state index in [2.05, 4.69) is 15.6 Å². The molecular formula is C22H27FN4O3S. The summed E-state index contributed by atoms with van der Waals surface area (Å²) in [7, 11) is 1.69. The topological polar surface area (TPSA) is 88.4 Å². The molecule has 1 aromatic heterocycles. The molecule has 0 fully saturated rings. The summed E-state index contributed by atoms with van der Waals surface area (Å²) in [5, 5.41) is 17.6. The Hall–Kier alpha value is -2.52. The normalized spacial score (nSPS) is 16.4. The maximum absolute atomic E-state index is 14.9. The Labute approximate surface area is 186 Å². The van der Waals surface area contributed by atoms with Crippen LogP contribution in [0, 0.1) is 5.82 Å². The third kappa shape index (κ3) is 3.80. The summed E-state index contributed by atoms with van der Waals surface area (Å²) >= 11 is 5.49. The minimum Gasteiger partial charge on any atom is -0.463 e. The zero-order valence-corrected chi connectivity index (χ0v) is 18.6. The highest BCUT2D eigenvalue weighted by Crippen LogP contribution is 2.40. The van der Waals surface area contributed by atoms with Crippen molar-refractivity contribution in [3.8, 4) is 0 Å². The summed E-state index contributed by atoms with van der Waals surface area (Å²) < 4.78 is 21.5. The number of aryl methyl sites for hydroxylation is 1. The molecule has 2 aromatic rings. The number of thiocarbonyl (C=S) groups is 1.